The summed E-state index contributed by atoms with van der Waals surface area (Å²) in [6.07, 6.45) is -0.462. The second-order valence-electron chi connectivity index (χ2n) is 8.69. The second-order valence-corrected chi connectivity index (χ2v) is 10.8. The number of alkyl carbamates (subject to hydrolysis) is 1. The third-order valence-corrected chi connectivity index (χ3v) is 4.83. The van der Waals surface area contributed by atoms with E-state index < -0.39 is 47.2 Å². The number of carbonyl (C=O) groups excluding carboxylic acids is 4. The van der Waals surface area contributed by atoms with E-state index >= 15 is 0 Å². The van der Waals surface area contributed by atoms with E-state index in [1.807, 2.05) is 5.82 Å². The van der Waals surface area contributed by atoms with Crippen molar-refractivity contribution in [3.8, 4) is 0 Å². The molecule has 0 radical (unpaired) electrons. The molecular formula is C20H36N2O7Se. The van der Waals surface area contributed by atoms with Crippen molar-refractivity contribution in [2.75, 3.05) is 7.11 Å². The molecule has 0 aromatic rings. The van der Waals surface area contributed by atoms with E-state index in [4.69, 9.17) is 14.2 Å². The van der Waals surface area contributed by atoms with Crippen molar-refractivity contribution < 1.29 is 33.4 Å². The number of nitrogens with one attached hydrogen (secondary N) is 2. The Morgan fingerprint density at radius 2 is 1.43 bits per heavy atom. The van der Waals surface area contributed by atoms with E-state index in [2.05, 4.69) is 10.6 Å². The fourth-order valence-corrected chi connectivity index (χ4v) is 3.26. The average Bonchev–Trinajstić information content (AvgIpc) is 2.58. The topological polar surface area (TPSA) is 120 Å². The Bertz CT molecular complexity index is 597. The van der Waals surface area contributed by atoms with Gasteiger partial charge in [0.2, 0.25) is 0 Å². The van der Waals surface area contributed by atoms with E-state index in [1.54, 1.807) is 41.5 Å². The van der Waals surface area contributed by atoms with Crippen LogP contribution in [0.4, 0.5) is 4.79 Å². The van der Waals surface area contributed by atoms with Crippen molar-refractivity contribution in [2.24, 2.45) is 0 Å². The molecule has 0 aliphatic rings. The van der Waals surface area contributed by atoms with Crippen LogP contribution in [-0.4, -0.2) is 69.3 Å². The normalized spacial score (nSPS) is 13.6. The molecule has 0 aromatic carbocycles. The zero-order chi connectivity index (χ0) is 23.5. The maximum atomic E-state index is 12.8. The molecule has 0 aliphatic heterocycles. The van der Waals surface area contributed by atoms with Crippen molar-refractivity contribution in [1.82, 2.24) is 10.6 Å². The second kappa shape index (κ2) is 12.8. The van der Waals surface area contributed by atoms with Gasteiger partial charge in [0.05, 0.1) is 0 Å². The monoisotopic (exact) mass is 496 g/mol. The number of methoxy groups -OCH3 is 1. The minimum atomic E-state index is -1.08. The zero-order valence-corrected chi connectivity index (χ0v) is 21.0. The first-order chi connectivity index (χ1) is 13.7. The summed E-state index contributed by atoms with van der Waals surface area (Å²) in [4.78, 5) is 49.0. The molecule has 0 unspecified atom stereocenters. The average molecular weight is 495 g/mol. The maximum absolute atomic E-state index is 12.8. The molecule has 174 valence electrons. The predicted molar refractivity (Wildman–Crippen MR) is 113 cm³/mol. The van der Waals surface area contributed by atoms with Gasteiger partial charge in [0.1, 0.15) is 0 Å². The first kappa shape index (κ1) is 28.2. The Morgan fingerprint density at radius 3 is 1.90 bits per heavy atom. The van der Waals surface area contributed by atoms with Crippen molar-refractivity contribution in [1.29, 1.82) is 0 Å². The van der Waals surface area contributed by atoms with Crippen molar-refractivity contribution in [3.63, 3.8) is 0 Å². The van der Waals surface area contributed by atoms with Crippen LogP contribution in [0.15, 0.2) is 0 Å². The number of esters is 2. The quantitative estimate of drug-likeness (QED) is 0.271. The Kier molecular flexibility index (Phi) is 12.0. The molecule has 2 amide bonds. The molecule has 0 spiro atoms. The molecule has 9 nitrogen and oxygen atoms in total. The SMILES string of the molecule is COC(=O)[C@H](CC[Se]C)NC(=O)[C@H](CCC(=O)OC(C)(C)C)NC(=O)OC(C)(C)C. The van der Waals surface area contributed by atoms with Gasteiger partial charge in [0.25, 0.3) is 0 Å². The van der Waals surface area contributed by atoms with Crippen LogP contribution in [0.1, 0.15) is 60.8 Å². The number of ether oxygens (including phenoxy) is 3. The van der Waals surface area contributed by atoms with Crippen LogP contribution in [0.3, 0.4) is 0 Å². The first-order valence-electron chi connectivity index (χ1n) is 9.77. The third-order valence-electron chi connectivity index (χ3n) is 3.48. The minimum absolute atomic E-state index is 0.00834. The predicted octanol–water partition coefficient (Wildman–Crippen LogP) is 2.22. The van der Waals surface area contributed by atoms with E-state index in [0.29, 0.717) is 21.4 Å². The molecule has 2 N–H and O–H groups in total. The van der Waals surface area contributed by atoms with Gasteiger partial charge < -0.3 is 0 Å². The Balaban J connectivity index is 5.26. The van der Waals surface area contributed by atoms with Crippen molar-refractivity contribution >= 4 is 38.9 Å². The molecular weight excluding hydrogens is 459 g/mol. The molecule has 0 saturated heterocycles. The fraction of sp³-hybridized carbons (Fsp3) is 0.800. The molecule has 0 bridgehead atoms. The van der Waals surface area contributed by atoms with Gasteiger partial charge in [-0.2, -0.15) is 0 Å². The summed E-state index contributed by atoms with van der Waals surface area (Å²) in [5.41, 5.74) is -1.42. The van der Waals surface area contributed by atoms with E-state index in [9.17, 15) is 19.2 Å². The molecule has 30 heavy (non-hydrogen) atoms. The number of rotatable bonds is 10. The number of amides is 2. The Morgan fingerprint density at radius 1 is 0.867 bits per heavy atom. The fourth-order valence-electron chi connectivity index (χ4n) is 2.27. The molecule has 2 atom stereocenters. The molecule has 0 saturated carbocycles. The van der Waals surface area contributed by atoms with Gasteiger partial charge in [0.15, 0.2) is 0 Å². The summed E-state index contributed by atoms with van der Waals surface area (Å²) >= 11 is 0.321. The third kappa shape index (κ3) is 13.4. The van der Waals surface area contributed by atoms with Gasteiger partial charge in [-0.1, -0.05) is 0 Å². The van der Waals surface area contributed by atoms with Crippen molar-refractivity contribution in [3.05, 3.63) is 0 Å². The number of hydrogen-bond donors (Lipinski definition) is 2. The molecule has 10 heteroatoms. The number of carbonyl (C=O) groups is 4. The van der Waals surface area contributed by atoms with E-state index in [0.717, 1.165) is 5.32 Å². The zero-order valence-electron chi connectivity index (χ0n) is 19.2. The van der Waals surface area contributed by atoms with Crippen LogP contribution in [0.25, 0.3) is 0 Å². The molecule has 0 heterocycles. The standard InChI is InChI=1S/C20H36N2O7Se/c1-19(2,3)28-15(23)10-9-13(22-18(26)29-20(4,5)6)16(24)21-14(11-12-30-8)17(25)27-7/h13-14H,9-12H2,1-8H3,(H,21,24)(H,22,26)/t13-,14-/m0/s1. The van der Waals surface area contributed by atoms with Gasteiger partial charge in [0, 0.05) is 0 Å². The summed E-state index contributed by atoms with van der Waals surface area (Å²) in [6.45, 7) is 10.3. The Hall–Kier alpha value is -1.80. The molecule has 0 fully saturated rings. The van der Waals surface area contributed by atoms with Gasteiger partial charge in [-0.3, -0.25) is 0 Å². The van der Waals surface area contributed by atoms with Crippen LogP contribution in [0, 0.1) is 0 Å². The van der Waals surface area contributed by atoms with Gasteiger partial charge >= 0.3 is 185 Å². The summed E-state index contributed by atoms with van der Waals surface area (Å²) in [5.74, 6) is 0.375. The molecule has 0 aromatic heterocycles. The van der Waals surface area contributed by atoms with Crippen LogP contribution >= 0.6 is 0 Å². The Labute approximate surface area is 185 Å². The van der Waals surface area contributed by atoms with E-state index in [-0.39, 0.29) is 12.8 Å². The molecule has 0 rings (SSSR count). The number of hydrogen-bond acceptors (Lipinski definition) is 7. The van der Waals surface area contributed by atoms with Crippen LogP contribution in [0.5, 0.6) is 0 Å². The van der Waals surface area contributed by atoms with Gasteiger partial charge in [-0.05, 0) is 0 Å². The van der Waals surface area contributed by atoms with Gasteiger partial charge in [-0.25, -0.2) is 0 Å². The summed E-state index contributed by atoms with van der Waals surface area (Å²) < 4.78 is 15.2. The summed E-state index contributed by atoms with van der Waals surface area (Å²) in [7, 11) is 1.25. The van der Waals surface area contributed by atoms with Crippen LogP contribution in [0.2, 0.25) is 11.1 Å². The first-order valence-corrected chi connectivity index (χ1v) is 12.7. The van der Waals surface area contributed by atoms with Crippen LogP contribution in [-0.2, 0) is 28.6 Å². The molecule has 0 aliphatic carbocycles. The van der Waals surface area contributed by atoms with E-state index in [1.165, 1.54) is 7.11 Å². The van der Waals surface area contributed by atoms with Crippen molar-refractivity contribution in [2.45, 2.75) is 95.2 Å². The van der Waals surface area contributed by atoms with Gasteiger partial charge in [-0.15, -0.1) is 0 Å². The van der Waals surface area contributed by atoms with Crippen LogP contribution < -0.4 is 10.6 Å². The summed E-state index contributed by atoms with van der Waals surface area (Å²) in [5, 5.41) is 5.87. The summed E-state index contributed by atoms with van der Waals surface area (Å²) in [6, 6.07) is -1.90.